The van der Waals surface area contributed by atoms with Gasteiger partial charge >= 0.3 is 0 Å². The molecule has 0 aromatic rings. The highest BCUT2D eigenvalue weighted by Crippen LogP contribution is 2.46. The van der Waals surface area contributed by atoms with Gasteiger partial charge < -0.3 is 0 Å². The van der Waals surface area contributed by atoms with Crippen molar-refractivity contribution in [2.45, 2.75) is 46.5 Å². The minimum absolute atomic E-state index is 0.474. The summed E-state index contributed by atoms with van der Waals surface area (Å²) in [5, 5.41) is 0. The second-order valence-corrected chi connectivity index (χ2v) is 5.45. The summed E-state index contributed by atoms with van der Waals surface area (Å²) in [5.41, 5.74) is 3.91. The molecule has 72 valence electrons. The molecule has 1 unspecified atom stereocenters. The summed E-state index contributed by atoms with van der Waals surface area (Å²) in [6.07, 6.45) is 10.0. The standard InChI is InChI=1S/C13H20/c1-13(2,3)12-9-8-10-6-4-5-7-11(10)12/h4,6,12H,5,7-9H2,1-3H3. The molecule has 0 bridgehead atoms. The molecule has 0 heteroatoms. The zero-order chi connectivity index (χ0) is 9.47. The molecule has 2 aliphatic rings. The van der Waals surface area contributed by atoms with Crippen molar-refractivity contribution in [2.75, 3.05) is 0 Å². The van der Waals surface area contributed by atoms with E-state index in [2.05, 4.69) is 32.9 Å². The largest absolute Gasteiger partial charge is 0.0839 e. The fourth-order valence-electron chi connectivity index (χ4n) is 2.80. The number of allylic oxidation sites excluding steroid dienone is 4. The van der Waals surface area contributed by atoms with Gasteiger partial charge in [0.15, 0.2) is 0 Å². The van der Waals surface area contributed by atoms with Crippen LogP contribution in [-0.4, -0.2) is 0 Å². The Bertz CT molecular complexity index is 260. The van der Waals surface area contributed by atoms with Gasteiger partial charge in [-0.05, 0) is 42.6 Å². The molecule has 0 aromatic carbocycles. The van der Waals surface area contributed by atoms with E-state index < -0.39 is 0 Å². The molecule has 0 aliphatic heterocycles. The summed E-state index contributed by atoms with van der Waals surface area (Å²) in [5.74, 6) is 0.854. The van der Waals surface area contributed by atoms with Gasteiger partial charge in [0.05, 0.1) is 0 Å². The molecule has 0 fully saturated rings. The first kappa shape index (κ1) is 9.05. The maximum absolute atomic E-state index is 2.38. The van der Waals surface area contributed by atoms with Gasteiger partial charge in [0.25, 0.3) is 0 Å². The van der Waals surface area contributed by atoms with Gasteiger partial charge in [0, 0.05) is 0 Å². The monoisotopic (exact) mass is 176 g/mol. The Labute approximate surface area is 81.7 Å². The Balaban J connectivity index is 2.26. The molecular weight excluding hydrogens is 156 g/mol. The molecule has 2 aliphatic carbocycles. The van der Waals surface area contributed by atoms with Crippen LogP contribution in [0.25, 0.3) is 0 Å². The van der Waals surface area contributed by atoms with Crippen molar-refractivity contribution in [3.8, 4) is 0 Å². The Morgan fingerprint density at radius 3 is 2.69 bits per heavy atom. The van der Waals surface area contributed by atoms with E-state index in [1.165, 1.54) is 25.7 Å². The van der Waals surface area contributed by atoms with E-state index in [4.69, 9.17) is 0 Å². The summed E-state index contributed by atoms with van der Waals surface area (Å²) in [6.45, 7) is 7.14. The second-order valence-electron chi connectivity index (χ2n) is 5.45. The van der Waals surface area contributed by atoms with Crippen LogP contribution in [0.1, 0.15) is 46.5 Å². The minimum atomic E-state index is 0.474. The Kier molecular flexibility index (Phi) is 2.09. The highest BCUT2D eigenvalue weighted by Gasteiger charge is 2.33. The topological polar surface area (TPSA) is 0 Å². The lowest BCUT2D eigenvalue weighted by Crippen LogP contribution is -2.20. The van der Waals surface area contributed by atoms with Crippen LogP contribution in [0.3, 0.4) is 0 Å². The molecule has 0 spiro atoms. The Morgan fingerprint density at radius 1 is 1.23 bits per heavy atom. The van der Waals surface area contributed by atoms with Crippen LogP contribution in [0.4, 0.5) is 0 Å². The van der Waals surface area contributed by atoms with Crippen molar-refractivity contribution in [1.29, 1.82) is 0 Å². The van der Waals surface area contributed by atoms with E-state index in [0.717, 1.165) is 5.92 Å². The Morgan fingerprint density at radius 2 is 2.00 bits per heavy atom. The van der Waals surface area contributed by atoms with E-state index in [-0.39, 0.29) is 0 Å². The first-order chi connectivity index (χ1) is 6.09. The summed E-state index contributed by atoms with van der Waals surface area (Å²) in [4.78, 5) is 0. The molecule has 0 heterocycles. The van der Waals surface area contributed by atoms with E-state index in [0.29, 0.717) is 5.41 Å². The highest BCUT2D eigenvalue weighted by atomic mass is 14.4. The maximum atomic E-state index is 2.38. The molecule has 0 saturated carbocycles. The lowest BCUT2D eigenvalue weighted by molar-refractivity contribution is 0.273. The van der Waals surface area contributed by atoms with Crippen molar-refractivity contribution >= 4 is 0 Å². The first-order valence-electron chi connectivity index (χ1n) is 5.47. The van der Waals surface area contributed by atoms with Crippen molar-refractivity contribution in [2.24, 2.45) is 11.3 Å². The predicted octanol–water partition coefficient (Wildman–Crippen LogP) is 4.09. The molecule has 0 radical (unpaired) electrons. The lowest BCUT2D eigenvalue weighted by atomic mass is 9.75. The van der Waals surface area contributed by atoms with Crippen LogP contribution in [-0.2, 0) is 0 Å². The average Bonchev–Trinajstić information content (AvgIpc) is 2.45. The quantitative estimate of drug-likeness (QED) is 0.521. The molecular formula is C13H20. The SMILES string of the molecule is CC(C)(C)C1CCC2=C1CCC=C2. The van der Waals surface area contributed by atoms with E-state index in [1.54, 1.807) is 11.1 Å². The van der Waals surface area contributed by atoms with Crippen LogP contribution in [0.2, 0.25) is 0 Å². The van der Waals surface area contributed by atoms with Gasteiger partial charge in [-0.1, -0.05) is 38.5 Å². The lowest BCUT2D eigenvalue weighted by Gasteiger charge is -2.30. The second kappa shape index (κ2) is 3.01. The molecule has 0 amide bonds. The highest BCUT2D eigenvalue weighted by molar-refractivity contribution is 5.35. The third kappa shape index (κ3) is 1.59. The summed E-state index contributed by atoms with van der Waals surface area (Å²) >= 11 is 0. The van der Waals surface area contributed by atoms with Gasteiger partial charge in [-0.2, -0.15) is 0 Å². The van der Waals surface area contributed by atoms with Crippen LogP contribution in [0.15, 0.2) is 23.3 Å². The van der Waals surface area contributed by atoms with Gasteiger partial charge in [0.2, 0.25) is 0 Å². The van der Waals surface area contributed by atoms with E-state index in [1.807, 2.05) is 0 Å². The summed E-state index contributed by atoms with van der Waals surface area (Å²) < 4.78 is 0. The van der Waals surface area contributed by atoms with E-state index in [9.17, 15) is 0 Å². The zero-order valence-electron chi connectivity index (χ0n) is 9.06. The van der Waals surface area contributed by atoms with Crippen LogP contribution in [0, 0.1) is 11.3 Å². The average molecular weight is 176 g/mol. The zero-order valence-corrected chi connectivity index (χ0v) is 9.06. The molecule has 0 aromatic heterocycles. The third-order valence-corrected chi connectivity index (χ3v) is 3.48. The molecule has 13 heavy (non-hydrogen) atoms. The predicted molar refractivity (Wildman–Crippen MR) is 57.6 cm³/mol. The number of rotatable bonds is 0. The fraction of sp³-hybridized carbons (Fsp3) is 0.692. The normalized spacial score (nSPS) is 28.1. The molecule has 0 saturated heterocycles. The molecule has 1 atom stereocenters. The summed E-state index contributed by atoms with van der Waals surface area (Å²) in [6, 6.07) is 0. The van der Waals surface area contributed by atoms with Crippen molar-refractivity contribution < 1.29 is 0 Å². The van der Waals surface area contributed by atoms with Crippen molar-refractivity contribution in [3.05, 3.63) is 23.3 Å². The smallest absolute Gasteiger partial charge is 0.0145 e. The Hall–Kier alpha value is -0.520. The van der Waals surface area contributed by atoms with Crippen LogP contribution in [0.5, 0.6) is 0 Å². The maximum Gasteiger partial charge on any atom is -0.0145 e. The molecule has 2 rings (SSSR count). The van der Waals surface area contributed by atoms with Crippen molar-refractivity contribution in [3.63, 3.8) is 0 Å². The number of hydrogen-bond donors (Lipinski definition) is 0. The van der Waals surface area contributed by atoms with E-state index >= 15 is 0 Å². The number of hydrogen-bond acceptors (Lipinski definition) is 0. The summed E-state index contributed by atoms with van der Waals surface area (Å²) in [7, 11) is 0. The van der Waals surface area contributed by atoms with Crippen molar-refractivity contribution in [1.82, 2.24) is 0 Å². The molecule has 0 N–H and O–H groups in total. The third-order valence-electron chi connectivity index (χ3n) is 3.48. The van der Waals surface area contributed by atoms with Gasteiger partial charge in [-0.15, -0.1) is 0 Å². The molecule has 0 nitrogen and oxygen atoms in total. The van der Waals surface area contributed by atoms with Crippen LogP contribution < -0.4 is 0 Å². The minimum Gasteiger partial charge on any atom is -0.0839 e. The van der Waals surface area contributed by atoms with Gasteiger partial charge in [-0.3, -0.25) is 0 Å². The van der Waals surface area contributed by atoms with Gasteiger partial charge in [0.1, 0.15) is 0 Å². The van der Waals surface area contributed by atoms with Crippen LogP contribution >= 0.6 is 0 Å². The fourth-order valence-corrected chi connectivity index (χ4v) is 2.80. The first-order valence-corrected chi connectivity index (χ1v) is 5.47. The van der Waals surface area contributed by atoms with Gasteiger partial charge in [-0.25, -0.2) is 0 Å².